The van der Waals surface area contributed by atoms with Crippen molar-refractivity contribution in [2.75, 3.05) is 13.1 Å². The second-order valence-electron chi connectivity index (χ2n) is 5.59. The fraction of sp³-hybridized carbons (Fsp3) is 0.400. The van der Waals surface area contributed by atoms with Crippen molar-refractivity contribution in [3.8, 4) is 5.88 Å². The number of hydrogen-bond acceptors (Lipinski definition) is 3. The molecule has 1 spiro atoms. The molecule has 1 N–H and O–H groups in total. The lowest BCUT2D eigenvalue weighted by molar-refractivity contribution is -0.0506. The van der Waals surface area contributed by atoms with Gasteiger partial charge in [-0.1, -0.05) is 18.2 Å². The van der Waals surface area contributed by atoms with E-state index in [-0.39, 0.29) is 12.4 Å². The fourth-order valence-corrected chi connectivity index (χ4v) is 3.10. The molecule has 0 radical (unpaired) electrons. The van der Waals surface area contributed by atoms with Crippen LogP contribution in [0.15, 0.2) is 36.5 Å². The summed E-state index contributed by atoms with van der Waals surface area (Å²) in [5, 5.41) is 5.66. The van der Waals surface area contributed by atoms with Gasteiger partial charge in [0.15, 0.2) is 0 Å². The maximum Gasteiger partial charge on any atom is 0.221 e. The first kappa shape index (κ1) is 12.7. The zero-order valence-corrected chi connectivity index (χ0v) is 11.5. The number of ether oxygens (including phenoxy) is 1. The van der Waals surface area contributed by atoms with Crippen LogP contribution in [0.1, 0.15) is 12.8 Å². The predicted octanol–water partition coefficient (Wildman–Crippen LogP) is 2.79. The van der Waals surface area contributed by atoms with Gasteiger partial charge in [-0.25, -0.2) is 4.98 Å². The zero-order chi connectivity index (χ0) is 12.0. The maximum absolute atomic E-state index is 6.06. The number of aromatic nitrogens is 1. The minimum atomic E-state index is 0. The van der Waals surface area contributed by atoms with Crippen LogP contribution >= 0.6 is 12.4 Å². The van der Waals surface area contributed by atoms with Gasteiger partial charge in [-0.2, -0.15) is 0 Å². The molecular weight excluding hydrogens is 260 g/mol. The number of hydrogen-bond donors (Lipinski definition) is 1. The van der Waals surface area contributed by atoms with Crippen molar-refractivity contribution in [2.45, 2.75) is 18.9 Å². The molecule has 0 amide bonds. The summed E-state index contributed by atoms with van der Waals surface area (Å²) < 4.78 is 6.06. The minimum Gasteiger partial charge on any atom is -0.474 e. The summed E-state index contributed by atoms with van der Waals surface area (Å²) in [5.41, 5.74) is 0.551. The number of fused-ring (bicyclic) bond motifs is 1. The molecule has 1 aromatic heterocycles. The van der Waals surface area contributed by atoms with Gasteiger partial charge in [-0.3, -0.25) is 0 Å². The molecule has 1 saturated carbocycles. The van der Waals surface area contributed by atoms with E-state index in [9.17, 15) is 0 Å². The number of rotatable bonds is 2. The molecule has 1 aliphatic carbocycles. The van der Waals surface area contributed by atoms with E-state index in [2.05, 4.69) is 22.4 Å². The molecule has 4 heteroatoms. The van der Waals surface area contributed by atoms with Crippen molar-refractivity contribution in [1.29, 1.82) is 0 Å². The standard InChI is InChI=1S/C15H16N2O.ClH/c1-2-4-13-11(3-1)5-6-17-14(13)18-12-7-15(8-12)9-16-10-15;/h1-6,12,16H,7-10H2;1H. The van der Waals surface area contributed by atoms with E-state index in [1.54, 1.807) is 0 Å². The molecule has 3 nitrogen and oxygen atoms in total. The van der Waals surface area contributed by atoms with Gasteiger partial charge in [0.1, 0.15) is 6.10 Å². The van der Waals surface area contributed by atoms with Crippen LogP contribution in [0.4, 0.5) is 0 Å². The highest BCUT2D eigenvalue weighted by Crippen LogP contribution is 2.46. The van der Waals surface area contributed by atoms with Gasteiger partial charge in [0.05, 0.1) is 0 Å². The maximum atomic E-state index is 6.06. The van der Waals surface area contributed by atoms with Gasteiger partial charge >= 0.3 is 0 Å². The van der Waals surface area contributed by atoms with Crippen molar-refractivity contribution in [3.63, 3.8) is 0 Å². The molecule has 0 bridgehead atoms. The van der Waals surface area contributed by atoms with E-state index in [0.717, 1.165) is 24.4 Å². The Morgan fingerprint density at radius 1 is 1.16 bits per heavy atom. The molecule has 4 rings (SSSR count). The first-order valence-corrected chi connectivity index (χ1v) is 6.56. The summed E-state index contributed by atoms with van der Waals surface area (Å²) in [6.07, 6.45) is 4.53. The summed E-state index contributed by atoms with van der Waals surface area (Å²) in [5.74, 6) is 0.792. The van der Waals surface area contributed by atoms with Gasteiger partial charge in [-0.15, -0.1) is 12.4 Å². The summed E-state index contributed by atoms with van der Waals surface area (Å²) >= 11 is 0. The smallest absolute Gasteiger partial charge is 0.221 e. The van der Waals surface area contributed by atoms with Crippen LogP contribution in [-0.2, 0) is 0 Å². The van der Waals surface area contributed by atoms with Gasteiger partial charge in [0.25, 0.3) is 0 Å². The number of nitrogens with zero attached hydrogens (tertiary/aromatic N) is 1. The first-order chi connectivity index (χ1) is 8.85. The minimum absolute atomic E-state index is 0. The Morgan fingerprint density at radius 2 is 1.95 bits per heavy atom. The zero-order valence-electron chi connectivity index (χ0n) is 10.6. The molecule has 1 aromatic carbocycles. The Labute approximate surface area is 118 Å². The average Bonchev–Trinajstić information content (AvgIpc) is 2.31. The summed E-state index contributed by atoms with van der Waals surface area (Å²) in [6.45, 7) is 2.33. The van der Waals surface area contributed by atoms with Crippen molar-refractivity contribution in [3.05, 3.63) is 36.5 Å². The molecule has 2 fully saturated rings. The Hall–Kier alpha value is -1.32. The molecule has 19 heavy (non-hydrogen) atoms. The van der Waals surface area contributed by atoms with Crippen molar-refractivity contribution >= 4 is 23.2 Å². The summed E-state index contributed by atoms with van der Waals surface area (Å²) in [6, 6.07) is 10.3. The molecule has 1 aliphatic heterocycles. The number of halogens is 1. The van der Waals surface area contributed by atoms with Crippen molar-refractivity contribution < 1.29 is 4.74 Å². The monoisotopic (exact) mass is 276 g/mol. The molecule has 2 aromatic rings. The second kappa shape index (κ2) is 4.66. The van der Waals surface area contributed by atoms with E-state index in [1.165, 1.54) is 18.2 Å². The van der Waals surface area contributed by atoms with Gasteiger partial charge in [0, 0.05) is 30.1 Å². The second-order valence-corrected chi connectivity index (χ2v) is 5.59. The quantitative estimate of drug-likeness (QED) is 0.916. The number of pyridine rings is 1. The number of benzene rings is 1. The molecular formula is C15H17ClN2O. The van der Waals surface area contributed by atoms with E-state index in [4.69, 9.17) is 4.74 Å². The van der Waals surface area contributed by atoms with Crippen LogP contribution in [0.25, 0.3) is 10.8 Å². The Balaban J connectivity index is 0.00000110. The van der Waals surface area contributed by atoms with E-state index in [0.29, 0.717) is 11.5 Å². The topological polar surface area (TPSA) is 34.1 Å². The van der Waals surface area contributed by atoms with Crippen LogP contribution in [-0.4, -0.2) is 24.2 Å². The lowest BCUT2D eigenvalue weighted by Gasteiger charge is -2.53. The molecule has 100 valence electrons. The number of nitrogens with one attached hydrogen (secondary N) is 1. The summed E-state index contributed by atoms with van der Waals surface area (Å²) in [4.78, 5) is 4.38. The van der Waals surface area contributed by atoms with Crippen LogP contribution < -0.4 is 10.1 Å². The molecule has 2 heterocycles. The molecule has 1 saturated heterocycles. The largest absolute Gasteiger partial charge is 0.474 e. The molecule has 0 atom stereocenters. The van der Waals surface area contributed by atoms with Crippen LogP contribution in [0.5, 0.6) is 5.88 Å². The van der Waals surface area contributed by atoms with Crippen LogP contribution in [0.2, 0.25) is 0 Å². The SMILES string of the molecule is Cl.c1ccc2c(OC3CC4(CNC4)C3)nccc2c1. The molecule has 0 unspecified atom stereocenters. The Morgan fingerprint density at radius 3 is 2.68 bits per heavy atom. The summed E-state index contributed by atoms with van der Waals surface area (Å²) in [7, 11) is 0. The lowest BCUT2D eigenvalue weighted by Crippen LogP contribution is -2.62. The van der Waals surface area contributed by atoms with Gasteiger partial charge in [0.2, 0.25) is 5.88 Å². The van der Waals surface area contributed by atoms with E-state index < -0.39 is 0 Å². The Bertz CT molecular complexity index is 584. The highest BCUT2D eigenvalue weighted by Gasteiger charge is 2.49. The highest BCUT2D eigenvalue weighted by atomic mass is 35.5. The Kier molecular flexibility index (Phi) is 3.11. The van der Waals surface area contributed by atoms with Crippen molar-refractivity contribution in [2.24, 2.45) is 5.41 Å². The van der Waals surface area contributed by atoms with Crippen LogP contribution in [0.3, 0.4) is 0 Å². The lowest BCUT2D eigenvalue weighted by atomic mass is 9.63. The van der Waals surface area contributed by atoms with Crippen LogP contribution in [0, 0.1) is 5.41 Å². The third-order valence-corrected chi connectivity index (χ3v) is 4.24. The van der Waals surface area contributed by atoms with Crippen molar-refractivity contribution in [1.82, 2.24) is 10.3 Å². The van der Waals surface area contributed by atoms with Gasteiger partial charge < -0.3 is 10.1 Å². The van der Waals surface area contributed by atoms with E-state index in [1.807, 2.05) is 24.4 Å². The van der Waals surface area contributed by atoms with Gasteiger partial charge in [-0.05, 0) is 30.4 Å². The predicted molar refractivity (Wildman–Crippen MR) is 77.9 cm³/mol. The van der Waals surface area contributed by atoms with E-state index >= 15 is 0 Å². The first-order valence-electron chi connectivity index (χ1n) is 6.56. The third-order valence-electron chi connectivity index (χ3n) is 4.24. The third kappa shape index (κ3) is 2.07. The average molecular weight is 277 g/mol. The normalized spacial score (nSPS) is 20.4. The molecule has 2 aliphatic rings. The fourth-order valence-electron chi connectivity index (χ4n) is 3.10. The highest BCUT2D eigenvalue weighted by molar-refractivity contribution is 5.86.